The minimum Gasteiger partial charge on any atom is -0.314 e. The lowest BCUT2D eigenvalue weighted by Gasteiger charge is -2.51. The largest absolute Gasteiger partial charge is 0.314 e. The summed E-state index contributed by atoms with van der Waals surface area (Å²) < 4.78 is 0. The smallest absolute Gasteiger partial charge is 0.00956 e. The Morgan fingerprint density at radius 1 is 0.952 bits per heavy atom. The van der Waals surface area contributed by atoms with E-state index in [9.17, 15) is 0 Å². The van der Waals surface area contributed by atoms with E-state index in [1.165, 1.54) is 19.3 Å². The second kappa shape index (κ2) is 4.59. The second-order valence-corrected chi connectivity index (χ2v) is 8.32. The summed E-state index contributed by atoms with van der Waals surface area (Å²) >= 11 is 0. The minimum absolute atomic E-state index is 0.349. The van der Waals surface area contributed by atoms with Crippen LogP contribution in [0, 0.1) is 13.8 Å². The maximum atomic E-state index is 3.66. The Balaban J connectivity index is 2.02. The molecular weight excluding hydrogens is 254 g/mol. The molecule has 0 saturated heterocycles. The Morgan fingerprint density at radius 2 is 1.43 bits per heavy atom. The number of nitrogens with one attached hydrogen (secondary N) is 1. The molecule has 1 aromatic carbocycles. The molecule has 0 saturated carbocycles. The fourth-order valence-corrected chi connectivity index (χ4v) is 4.83. The van der Waals surface area contributed by atoms with E-state index < -0.39 is 0 Å². The molecule has 21 heavy (non-hydrogen) atoms. The number of hydrogen-bond donors (Lipinski definition) is 1. The average Bonchev–Trinajstić information content (AvgIpc) is 2.37. The van der Waals surface area contributed by atoms with Crippen molar-refractivity contribution < 1.29 is 0 Å². The average molecular weight is 285 g/mol. The molecule has 1 heteroatoms. The third-order valence-corrected chi connectivity index (χ3v) is 6.28. The van der Waals surface area contributed by atoms with E-state index in [0.717, 1.165) is 6.54 Å². The first-order valence-corrected chi connectivity index (χ1v) is 8.63. The Bertz CT molecular complexity index is 581. The zero-order valence-electron chi connectivity index (χ0n) is 14.9. The summed E-state index contributed by atoms with van der Waals surface area (Å²) in [4.78, 5) is 0. The molecule has 1 aromatic rings. The lowest BCUT2D eigenvalue weighted by Crippen LogP contribution is -2.49. The first-order chi connectivity index (χ1) is 9.73. The van der Waals surface area contributed by atoms with Gasteiger partial charge in [-0.3, -0.25) is 0 Å². The molecule has 2 atom stereocenters. The zero-order valence-corrected chi connectivity index (χ0v) is 14.9. The Morgan fingerprint density at radius 3 is 1.90 bits per heavy atom. The predicted molar refractivity (Wildman–Crippen MR) is 91.5 cm³/mol. The maximum Gasteiger partial charge on any atom is 0.00956 e. The first kappa shape index (κ1) is 15.1. The van der Waals surface area contributed by atoms with Crippen molar-refractivity contribution in [3.63, 3.8) is 0 Å². The van der Waals surface area contributed by atoms with Crippen LogP contribution in [0.3, 0.4) is 0 Å². The lowest BCUT2D eigenvalue weighted by molar-refractivity contribution is 0.345. The number of benzene rings is 1. The summed E-state index contributed by atoms with van der Waals surface area (Å²) in [6.07, 6.45) is 3.81. The van der Waals surface area contributed by atoms with Crippen molar-refractivity contribution in [2.45, 2.75) is 84.6 Å². The number of rotatable bonds is 4. The van der Waals surface area contributed by atoms with E-state index in [2.05, 4.69) is 53.8 Å². The Kier molecular flexibility index (Phi) is 3.30. The van der Waals surface area contributed by atoms with Gasteiger partial charge in [0.25, 0.3) is 0 Å². The van der Waals surface area contributed by atoms with Gasteiger partial charge >= 0.3 is 0 Å². The molecule has 116 valence electrons. The van der Waals surface area contributed by atoms with Crippen LogP contribution >= 0.6 is 0 Å². The molecular formula is C20H31N. The van der Waals surface area contributed by atoms with Gasteiger partial charge in [-0.05, 0) is 71.9 Å². The monoisotopic (exact) mass is 285 g/mol. The highest BCUT2D eigenvalue weighted by atomic mass is 14.9. The third-order valence-electron chi connectivity index (χ3n) is 6.28. The highest BCUT2D eigenvalue weighted by molar-refractivity contribution is 5.65. The highest BCUT2D eigenvalue weighted by Gasteiger charge is 2.48. The van der Waals surface area contributed by atoms with E-state index in [1.54, 1.807) is 33.4 Å². The topological polar surface area (TPSA) is 12.0 Å². The van der Waals surface area contributed by atoms with Gasteiger partial charge < -0.3 is 5.32 Å². The first-order valence-electron chi connectivity index (χ1n) is 8.63. The molecule has 0 amide bonds. The van der Waals surface area contributed by atoms with Crippen molar-refractivity contribution >= 4 is 0 Å². The fourth-order valence-electron chi connectivity index (χ4n) is 4.83. The molecule has 1 nitrogen and oxygen atoms in total. The van der Waals surface area contributed by atoms with Crippen molar-refractivity contribution in [2.24, 2.45) is 0 Å². The molecule has 2 aliphatic carbocycles. The molecule has 1 N–H and O–H groups in total. The molecule has 0 fully saturated rings. The SMILES string of the molecule is CCC1(C)Cc2c(C)c3c(c(C)c21)CC3(C)CNC(C)C. The molecule has 0 heterocycles. The molecule has 0 aliphatic heterocycles. The molecule has 0 aromatic heterocycles. The van der Waals surface area contributed by atoms with Crippen LogP contribution in [-0.4, -0.2) is 12.6 Å². The van der Waals surface area contributed by atoms with Gasteiger partial charge in [0.15, 0.2) is 0 Å². The van der Waals surface area contributed by atoms with Gasteiger partial charge in [0.1, 0.15) is 0 Å². The Hall–Kier alpha value is -0.820. The standard InChI is InChI=1S/C20H31N/c1-8-19(6)9-15-14(5)18-16(13(4)17(15)19)10-20(18,7)11-21-12(2)3/h12,21H,8-11H2,1-7H3. The summed E-state index contributed by atoms with van der Waals surface area (Å²) in [6.45, 7) is 17.6. The van der Waals surface area contributed by atoms with E-state index in [0.29, 0.717) is 16.9 Å². The number of fused-ring (bicyclic) bond motifs is 2. The van der Waals surface area contributed by atoms with E-state index in [4.69, 9.17) is 0 Å². The highest BCUT2D eigenvalue weighted by Crippen LogP contribution is 2.54. The quantitative estimate of drug-likeness (QED) is 0.868. The number of hydrogen-bond acceptors (Lipinski definition) is 1. The molecule has 0 bridgehead atoms. The summed E-state index contributed by atoms with van der Waals surface area (Å²) in [5.74, 6) is 0. The van der Waals surface area contributed by atoms with Gasteiger partial charge in [0.2, 0.25) is 0 Å². The Labute approximate surface area is 130 Å². The molecule has 0 spiro atoms. The summed E-state index contributed by atoms with van der Waals surface area (Å²) in [6, 6.07) is 0.572. The van der Waals surface area contributed by atoms with Crippen LogP contribution in [0.1, 0.15) is 74.4 Å². The summed E-state index contributed by atoms with van der Waals surface area (Å²) in [7, 11) is 0. The summed E-state index contributed by atoms with van der Waals surface area (Å²) in [5, 5.41) is 3.66. The minimum atomic E-state index is 0.349. The van der Waals surface area contributed by atoms with Crippen LogP contribution in [0.2, 0.25) is 0 Å². The van der Waals surface area contributed by atoms with Crippen molar-refractivity contribution in [1.29, 1.82) is 0 Å². The molecule has 0 radical (unpaired) electrons. The molecule has 3 rings (SSSR count). The summed E-state index contributed by atoms with van der Waals surface area (Å²) in [5.41, 5.74) is 10.7. The van der Waals surface area contributed by atoms with E-state index >= 15 is 0 Å². The van der Waals surface area contributed by atoms with Gasteiger partial charge in [-0.25, -0.2) is 0 Å². The van der Waals surface area contributed by atoms with Crippen molar-refractivity contribution in [2.75, 3.05) is 6.54 Å². The van der Waals surface area contributed by atoms with E-state index in [-0.39, 0.29) is 0 Å². The van der Waals surface area contributed by atoms with Crippen LogP contribution < -0.4 is 5.32 Å². The van der Waals surface area contributed by atoms with E-state index in [1.807, 2.05) is 0 Å². The predicted octanol–water partition coefficient (Wildman–Crippen LogP) is 4.34. The lowest BCUT2D eigenvalue weighted by atomic mass is 9.53. The second-order valence-electron chi connectivity index (χ2n) is 8.32. The van der Waals surface area contributed by atoms with Crippen molar-refractivity contribution in [3.8, 4) is 0 Å². The van der Waals surface area contributed by atoms with Crippen LogP contribution in [-0.2, 0) is 23.7 Å². The van der Waals surface area contributed by atoms with Gasteiger partial charge in [-0.2, -0.15) is 0 Å². The van der Waals surface area contributed by atoms with Gasteiger partial charge in [0, 0.05) is 18.0 Å². The molecule has 2 unspecified atom stereocenters. The fraction of sp³-hybridized carbons (Fsp3) is 0.700. The third kappa shape index (κ3) is 1.93. The van der Waals surface area contributed by atoms with Crippen LogP contribution in [0.15, 0.2) is 0 Å². The van der Waals surface area contributed by atoms with Crippen LogP contribution in [0.5, 0.6) is 0 Å². The van der Waals surface area contributed by atoms with Crippen molar-refractivity contribution in [3.05, 3.63) is 33.4 Å². The van der Waals surface area contributed by atoms with Gasteiger partial charge in [-0.1, -0.05) is 34.6 Å². The molecule has 2 aliphatic rings. The van der Waals surface area contributed by atoms with Gasteiger partial charge in [0.05, 0.1) is 0 Å². The zero-order chi connectivity index (χ0) is 15.6. The normalized spacial score (nSPS) is 29.7. The van der Waals surface area contributed by atoms with Crippen molar-refractivity contribution in [1.82, 2.24) is 5.32 Å². The van der Waals surface area contributed by atoms with Gasteiger partial charge in [-0.15, -0.1) is 0 Å². The van der Waals surface area contributed by atoms with Crippen LogP contribution in [0.4, 0.5) is 0 Å². The maximum absolute atomic E-state index is 3.66. The van der Waals surface area contributed by atoms with Crippen LogP contribution in [0.25, 0.3) is 0 Å².